The highest BCUT2D eigenvalue weighted by molar-refractivity contribution is 7.14. The van der Waals surface area contributed by atoms with E-state index in [0.29, 0.717) is 30.8 Å². The summed E-state index contributed by atoms with van der Waals surface area (Å²) in [6.07, 6.45) is 0.596. The van der Waals surface area contributed by atoms with Crippen LogP contribution in [0.4, 0.5) is 4.79 Å². The average molecular weight is 465 g/mol. The number of nitrogens with one attached hydrogen (secondary N) is 1. The van der Waals surface area contributed by atoms with E-state index in [1.54, 1.807) is 22.1 Å². The number of rotatable bonds is 6. The van der Waals surface area contributed by atoms with Gasteiger partial charge in [-0.1, -0.05) is 29.8 Å². The number of ether oxygens (including phenoxy) is 1. The van der Waals surface area contributed by atoms with Crippen molar-refractivity contribution >= 4 is 23.3 Å². The van der Waals surface area contributed by atoms with Crippen molar-refractivity contribution in [2.24, 2.45) is 11.8 Å². The molecule has 2 fully saturated rings. The van der Waals surface area contributed by atoms with E-state index in [2.05, 4.69) is 35.5 Å². The molecule has 1 aliphatic carbocycles. The highest BCUT2D eigenvalue weighted by atomic mass is 32.1. The Morgan fingerprint density at radius 2 is 2.09 bits per heavy atom. The van der Waals surface area contributed by atoms with Gasteiger partial charge in [0, 0.05) is 30.6 Å². The third-order valence-electron chi connectivity index (χ3n) is 6.56. The molecule has 3 aromatic rings. The maximum absolute atomic E-state index is 13.6. The fourth-order valence-electron chi connectivity index (χ4n) is 4.86. The van der Waals surface area contributed by atoms with Crippen LogP contribution in [0.25, 0.3) is 10.4 Å². The van der Waals surface area contributed by atoms with Gasteiger partial charge in [-0.25, -0.2) is 9.48 Å². The van der Waals surface area contributed by atoms with E-state index in [0.717, 1.165) is 34.7 Å². The molecule has 172 valence electrons. The van der Waals surface area contributed by atoms with Crippen molar-refractivity contribution in [1.82, 2.24) is 20.0 Å². The van der Waals surface area contributed by atoms with Gasteiger partial charge in [-0.3, -0.25) is 4.79 Å². The summed E-state index contributed by atoms with van der Waals surface area (Å²) in [5.41, 5.74) is 3.77. The molecule has 7 nitrogen and oxygen atoms in total. The average Bonchev–Trinajstić information content (AvgIpc) is 3.13. The monoisotopic (exact) mass is 464 g/mol. The fourth-order valence-corrected chi connectivity index (χ4v) is 5.74. The topological polar surface area (TPSA) is 76.5 Å². The Balaban J connectivity index is 1.28. The predicted molar refractivity (Wildman–Crippen MR) is 128 cm³/mol. The van der Waals surface area contributed by atoms with Gasteiger partial charge in [-0.15, -0.1) is 11.3 Å². The molecule has 1 saturated heterocycles. The molecular formula is C25H28N4O3S. The van der Waals surface area contributed by atoms with Gasteiger partial charge < -0.3 is 15.0 Å². The van der Waals surface area contributed by atoms with Crippen molar-refractivity contribution in [2.75, 3.05) is 13.1 Å². The van der Waals surface area contributed by atoms with Gasteiger partial charge in [-0.05, 0) is 56.0 Å². The standard InChI is InChI=1S/C25H28N4O3S/c1-4-29-22(11-16(3)27-29)32-25(31)26-13-21-20-12-18(20)14-28(21)24(30)19-8-9-33-23(19)17-7-5-6-15(2)10-17/h5-11,18,20-21H,4,12-14H2,1-3H3,(H,26,31)/t18-,20-,21+/m0/s1. The van der Waals surface area contributed by atoms with Gasteiger partial charge in [0.25, 0.3) is 5.91 Å². The summed E-state index contributed by atoms with van der Waals surface area (Å²) in [7, 11) is 0. The van der Waals surface area contributed by atoms with Crippen LogP contribution in [-0.4, -0.2) is 45.8 Å². The van der Waals surface area contributed by atoms with Crippen LogP contribution in [0.5, 0.6) is 5.88 Å². The van der Waals surface area contributed by atoms with Crippen LogP contribution in [0, 0.1) is 25.7 Å². The van der Waals surface area contributed by atoms with Crippen molar-refractivity contribution in [3.63, 3.8) is 0 Å². The lowest BCUT2D eigenvalue weighted by Crippen LogP contribution is -2.46. The summed E-state index contributed by atoms with van der Waals surface area (Å²) < 4.78 is 7.12. The van der Waals surface area contributed by atoms with Crippen LogP contribution < -0.4 is 10.1 Å². The third kappa shape index (κ3) is 4.27. The number of benzene rings is 1. The minimum atomic E-state index is -0.517. The van der Waals surface area contributed by atoms with Crippen LogP contribution in [0.2, 0.25) is 0 Å². The van der Waals surface area contributed by atoms with E-state index in [1.807, 2.05) is 36.3 Å². The number of likely N-dealkylation sites (tertiary alicyclic amines) is 1. The maximum Gasteiger partial charge on any atom is 0.414 e. The molecular weight excluding hydrogens is 436 g/mol. The van der Waals surface area contributed by atoms with E-state index < -0.39 is 6.09 Å². The quantitative estimate of drug-likeness (QED) is 0.583. The van der Waals surface area contributed by atoms with Crippen molar-refractivity contribution in [1.29, 1.82) is 0 Å². The van der Waals surface area contributed by atoms with Crippen LogP contribution in [0.3, 0.4) is 0 Å². The molecule has 3 heterocycles. The second-order valence-corrected chi connectivity index (χ2v) is 9.84. The van der Waals surface area contributed by atoms with Crippen molar-refractivity contribution in [2.45, 2.75) is 39.8 Å². The Morgan fingerprint density at radius 3 is 2.88 bits per heavy atom. The molecule has 2 aliphatic rings. The molecule has 1 N–H and O–H groups in total. The highest BCUT2D eigenvalue weighted by Gasteiger charge is 2.54. The van der Waals surface area contributed by atoms with Gasteiger partial charge in [0.05, 0.1) is 17.3 Å². The molecule has 5 rings (SSSR count). The Hall–Kier alpha value is -3.13. The highest BCUT2D eigenvalue weighted by Crippen LogP contribution is 2.50. The number of hydrogen-bond donors (Lipinski definition) is 1. The van der Waals surface area contributed by atoms with E-state index in [1.165, 1.54) is 5.56 Å². The molecule has 1 aliphatic heterocycles. The predicted octanol–water partition coefficient (Wildman–Crippen LogP) is 4.50. The second-order valence-electron chi connectivity index (χ2n) is 8.93. The molecule has 2 aromatic heterocycles. The van der Waals surface area contributed by atoms with Crippen LogP contribution in [-0.2, 0) is 6.54 Å². The number of nitrogens with zero attached hydrogens (tertiary/aromatic N) is 3. The molecule has 0 unspecified atom stereocenters. The summed E-state index contributed by atoms with van der Waals surface area (Å²) in [6, 6.07) is 11.9. The van der Waals surface area contributed by atoms with E-state index in [4.69, 9.17) is 4.74 Å². The number of hydrogen-bond acceptors (Lipinski definition) is 5. The normalized spacial score (nSPS) is 21.1. The van der Waals surface area contributed by atoms with Crippen LogP contribution >= 0.6 is 11.3 Å². The Morgan fingerprint density at radius 1 is 1.24 bits per heavy atom. The van der Waals surface area contributed by atoms with Gasteiger partial charge >= 0.3 is 6.09 Å². The number of carbonyl (C=O) groups is 2. The van der Waals surface area contributed by atoms with Crippen LogP contribution in [0.15, 0.2) is 41.8 Å². The molecule has 33 heavy (non-hydrogen) atoms. The molecule has 3 atom stereocenters. The van der Waals surface area contributed by atoms with E-state index >= 15 is 0 Å². The molecule has 2 amide bonds. The minimum absolute atomic E-state index is 0.0156. The summed E-state index contributed by atoms with van der Waals surface area (Å²) in [5.74, 6) is 1.44. The Kier molecular flexibility index (Phi) is 5.70. The van der Waals surface area contributed by atoms with Gasteiger partial charge in [-0.2, -0.15) is 5.10 Å². The van der Waals surface area contributed by atoms with Gasteiger partial charge in [0.1, 0.15) is 0 Å². The minimum Gasteiger partial charge on any atom is -0.392 e. The Bertz CT molecular complexity index is 1200. The van der Waals surface area contributed by atoms with E-state index in [9.17, 15) is 9.59 Å². The number of fused-ring (bicyclic) bond motifs is 1. The second kappa shape index (κ2) is 8.67. The first kappa shape index (κ1) is 21.7. The smallest absolute Gasteiger partial charge is 0.392 e. The van der Waals surface area contributed by atoms with Crippen molar-refractivity contribution in [3.05, 3.63) is 58.6 Å². The maximum atomic E-state index is 13.6. The number of thiophene rings is 1. The SMILES string of the molecule is CCn1nc(C)cc1OC(=O)NC[C@@H]1[C@H]2C[C@H]2CN1C(=O)c1ccsc1-c1cccc(C)c1. The van der Waals surface area contributed by atoms with Crippen molar-refractivity contribution in [3.8, 4) is 16.3 Å². The first-order valence-corrected chi connectivity index (χ1v) is 12.3. The van der Waals surface area contributed by atoms with Crippen LogP contribution in [0.1, 0.15) is 35.0 Å². The largest absolute Gasteiger partial charge is 0.414 e. The van der Waals surface area contributed by atoms with Crippen molar-refractivity contribution < 1.29 is 14.3 Å². The molecule has 0 radical (unpaired) electrons. The van der Waals surface area contributed by atoms with Gasteiger partial charge in [0.2, 0.25) is 5.88 Å². The molecule has 0 spiro atoms. The lowest BCUT2D eigenvalue weighted by molar-refractivity contribution is 0.0705. The number of amides is 2. The zero-order valence-electron chi connectivity index (χ0n) is 19.1. The summed E-state index contributed by atoms with van der Waals surface area (Å²) in [4.78, 5) is 29.0. The zero-order chi connectivity index (χ0) is 23.1. The van der Waals surface area contributed by atoms with E-state index in [-0.39, 0.29) is 11.9 Å². The number of piperidine rings is 1. The third-order valence-corrected chi connectivity index (χ3v) is 7.52. The van der Waals surface area contributed by atoms with Gasteiger partial charge in [0.15, 0.2) is 0 Å². The molecule has 1 aromatic carbocycles. The number of carbonyl (C=O) groups excluding carboxylic acids is 2. The summed E-state index contributed by atoms with van der Waals surface area (Å²) in [6.45, 7) is 7.62. The first-order chi connectivity index (χ1) is 15.9. The number of aryl methyl sites for hydroxylation is 3. The molecule has 0 bridgehead atoms. The lowest BCUT2D eigenvalue weighted by Gasteiger charge is -2.28. The summed E-state index contributed by atoms with van der Waals surface area (Å²) >= 11 is 1.59. The molecule has 1 saturated carbocycles. The lowest BCUT2D eigenvalue weighted by atomic mass is 10.1. The summed E-state index contributed by atoms with van der Waals surface area (Å²) in [5, 5.41) is 9.16. The Labute approximate surface area is 197 Å². The fraction of sp³-hybridized carbons (Fsp3) is 0.400. The number of aromatic nitrogens is 2. The first-order valence-electron chi connectivity index (χ1n) is 11.4. The zero-order valence-corrected chi connectivity index (χ0v) is 19.9. The molecule has 8 heteroatoms.